The molecule has 5 heteroatoms. The molecule has 0 unspecified atom stereocenters. The molecule has 1 aliphatic rings. The van der Waals surface area contributed by atoms with Gasteiger partial charge >= 0.3 is 0 Å². The van der Waals surface area contributed by atoms with Crippen molar-refractivity contribution in [3.8, 4) is 0 Å². The summed E-state index contributed by atoms with van der Waals surface area (Å²) in [6.07, 6.45) is 2.83. The van der Waals surface area contributed by atoms with Crippen LogP contribution in [0.2, 0.25) is 0 Å². The summed E-state index contributed by atoms with van der Waals surface area (Å²) in [7, 11) is 0. The fraction of sp³-hybridized carbons (Fsp3) is 0.474. The molecule has 0 radical (unpaired) electrons. The molecule has 0 aliphatic carbocycles. The van der Waals surface area contributed by atoms with Gasteiger partial charge in [0.15, 0.2) is 0 Å². The highest BCUT2D eigenvalue weighted by Gasteiger charge is 2.30. The maximum absolute atomic E-state index is 12.6. The number of carbonyl (C=O) groups is 1. The average molecular weight is 326 g/mol. The smallest absolute Gasteiger partial charge is 0.242 e. The fourth-order valence-corrected chi connectivity index (χ4v) is 3.36. The first kappa shape index (κ1) is 16.7. The van der Waals surface area contributed by atoms with Gasteiger partial charge in [0.05, 0.1) is 12.2 Å². The molecule has 0 saturated carbocycles. The highest BCUT2D eigenvalue weighted by molar-refractivity contribution is 5.93. The van der Waals surface area contributed by atoms with Crippen molar-refractivity contribution in [1.29, 1.82) is 0 Å². The number of rotatable bonds is 5. The van der Waals surface area contributed by atoms with Gasteiger partial charge < -0.3 is 5.32 Å². The average Bonchev–Trinajstić information content (AvgIpc) is 3.24. The third-order valence-corrected chi connectivity index (χ3v) is 4.83. The van der Waals surface area contributed by atoms with E-state index in [4.69, 9.17) is 0 Å². The molecule has 2 atom stereocenters. The van der Waals surface area contributed by atoms with Crippen LogP contribution >= 0.6 is 0 Å². The van der Waals surface area contributed by atoms with Gasteiger partial charge in [0.1, 0.15) is 5.82 Å². The monoisotopic (exact) mass is 326 g/mol. The van der Waals surface area contributed by atoms with Crippen molar-refractivity contribution >= 4 is 11.7 Å². The van der Waals surface area contributed by atoms with Crippen LogP contribution in [0.15, 0.2) is 42.6 Å². The third kappa shape index (κ3) is 3.51. The van der Waals surface area contributed by atoms with Gasteiger partial charge in [-0.3, -0.25) is 9.69 Å². The molecule has 1 aromatic carbocycles. The number of nitrogens with zero attached hydrogens (tertiary/aromatic N) is 3. The number of anilines is 1. The highest BCUT2D eigenvalue weighted by atomic mass is 16.2. The largest absolute Gasteiger partial charge is 0.310 e. The normalized spacial score (nSPS) is 19.6. The molecule has 2 aromatic rings. The zero-order valence-electron chi connectivity index (χ0n) is 14.6. The van der Waals surface area contributed by atoms with E-state index in [0.717, 1.165) is 25.3 Å². The van der Waals surface area contributed by atoms with Crippen LogP contribution in [0.4, 0.5) is 5.82 Å². The number of nitrogens with one attached hydrogen (secondary N) is 1. The van der Waals surface area contributed by atoms with Crippen LogP contribution < -0.4 is 5.32 Å². The number of carbonyl (C=O) groups excluding carboxylic acids is 1. The van der Waals surface area contributed by atoms with E-state index in [1.165, 1.54) is 5.56 Å². The zero-order valence-corrected chi connectivity index (χ0v) is 14.6. The van der Waals surface area contributed by atoms with Crippen molar-refractivity contribution in [2.75, 3.05) is 18.4 Å². The Balaban J connectivity index is 1.61. The van der Waals surface area contributed by atoms with E-state index in [9.17, 15) is 4.79 Å². The van der Waals surface area contributed by atoms with Crippen LogP contribution in [0, 0.1) is 0 Å². The van der Waals surface area contributed by atoms with Gasteiger partial charge in [0.25, 0.3) is 0 Å². The third-order valence-electron chi connectivity index (χ3n) is 4.83. The van der Waals surface area contributed by atoms with Gasteiger partial charge in [-0.05, 0) is 45.2 Å². The SMILES string of the molecule is CC(C)n1nccc1NC(=O)[C@@H](C)N1CC[C@@H](c2ccccc2)C1. The lowest BCUT2D eigenvalue weighted by Gasteiger charge is -2.24. The van der Waals surface area contributed by atoms with Crippen LogP contribution in [0.25, 0.3) is 0 Å². The van der Waals surface area contributed by atoms with E-state index in [-0.39, 0.29) is 18.0 Å². The molecule has 0 spiro atoms. The van der Waals surface area contributed by atoms with Crippen LogP contribution in [0.3, 0.4) is 0 Å². The standard InChI is InChI=1S/C19H26N4O/c1-14(2)23-18(9-11-20-23)21-19(24)15(3)22-12-10-17(13-22)16-7-5-4-6-8-16/h4-9,11,14-15,17H,10,12-13H2,1-3H3,(H,21,24)/t15-,17-/m1/s1. The van der Waals surface area contributed by atoms with Crippen LogP contribution in [-0.4, -0.2) is 39.7 Å². The minimum atomic E-state index is -0.144. The number of amides is 1. The predicted molar refractivity (Wildman–Crippen MR) is 96.1 cm³/mol. The molecule has 24 heavy (non-hydrogen) atoms. The Morgan fingerprint density at radius 3 is 2.67 bits per heavy atom. The number of likely N-dealkylation sites (tertiary alicyclic amines) is 1. The summed E-state index contributed by atoms with van der Waals surface area (Å²) in [6, 6.07) is 12.5. The number of benzene rings is 1. The molecule has 3 rings (SSSR count). The quantitative estimate of drug-likeness (QED) is 0.917. The summed E-state index contributed by atoms with van der Waals surface area (Å²) >= 11 is 0. The van der Waals surface area contributed by atoms with Gasteiger partial charge in [-0.1, -0.05) is 30.3 Å². The molecule has 2 heterocycles. The molecule has 5 nitrogen and oxygen atoms in total. The van der Waals surface area contributed by atoms with Gasteiger partial charge in [0, 0.05) is 18.7 Å². The van der Waals surface area contributed by atoms with E-state index in [1.807, 2.05) is 23.7 Å². The molecule has 128 valence electrons. The number of hydrogen-bond donors (Lipinski definition) is 1. The van der Waals surface area contributed by atoms with Crippen molar-refractivity contribution < 1.29 is 4.79 Å². The van der Waals surface area contributed by atoms with Gasteiger partial charge in [-0.15, -0.1) is 0 Å². The summed E-state index contributed by atoms with van der Waals surface area (Å²) < 4.78 is 1.83. The lowest BCUT2D eigenvalue weighted by molar-refractivity contribution is -0.120. The number of hydrogen-bond acceptors (Lipinski definition) is 3. The van der Waals surface area contributed by atoms with Crippen molar-refractivity contribution in [2.24, 2.45) is 0 Å². The summed E-state index contributed by atoms with van der Waals surface area (Å²) in [4.78, 5) is 14.9. The molecule has 1 aliphatic heterocycles. The van der Waals surface area contributed by atoms with E-state index >= 15 is 0 Å². The second kappa shape index (κ2) is 7.18. The number of aromatic nitrogens is 2. The Labute approximate surface area is 143 Å². The first-order valence-corrected chi connectivity index (χ1v) is 8.69. The van der Waals surface area contributed by atoms with Crippen LogP contribution in [0.5, 0.6) is 0 Å². The summed E-state index contributed by atoms with van der Waals surface area (Å²) in [5.74, 6) is 1.31. The Morgan fingerprint density at radius 2 is 1.96 bits per heavy atom. The lowest BCUT2D eigenvalue weighted by Crippen LogP contribution is -2.41. The fourth-order valence-electron chi connectivity index (χ4n) is 3.36. The second-order valence-corrected chi connectivity index (χ2v) is 6.81. The van der Waals surface area contributed by atoms with Crippen molar-refractivity contribution in [3.05, 3.63) is 48.2 Å². The van der Waals surface area contributed by atoms with E-state index in [1.54, 1.807) is 6.20 Å². The Kier molecular flexibility index (Phi) is 5.00. The summed E-state index contributed by atoms with van der Waals surface area (Å²) in [5.41, 5.74) is 1.37. The molecular weight excluding hydrogens is 300 g/mol. The first-order valence-electron chi connectivity index (χ1n) is 8.69. The van der Waals surface area contributed by atoms with Gasteiger partial charge in [0.2, 0.25) is 5.91 Å². The molecule has 1 N–H and O–H groups in total. The molecule has 1 saturated heterocycles. The molecular formula is C19H26N4O. The van der Waals surface area contributed by atoms with Gasteiger partial charge in [-0.25, -0.2) is 4.68 Å². The first-order chi connectivity index (χ1) is 11.6. The highest BCUT2D eigenvalue weighted by Crippen LogP contribution is 2.28. The topological polar surface area (TPSA) is 50.2 Å². The van der Waals surface area contributed by atoms with Crippen LogP contribution in [0.1, 0.15) is 44.7 Å². The Hall–Kier alpha value is -2.14. The molecule has 0 bridgehead atoms. The van der Waals surface area contributed by atoms with Crippen LogP contribution in [-0.2, 0) is 4.79 Å². The van der Waals surface area contributed by atoms with E-state index in [2.05, 4.69) is 53.4 Å². The molecule has 1 aromatic heterocycles. The van der Waals surface area contributed by atoms with Crippen molar-refractivity contribution in [3.63, 3.8) is 0 Å². The van der Waals surface area contributed by atoms with Gasteiger partial charge in [-0.2, -0.15) is 5.10 Å². The summed E-state index contributed by atoms with van der Waals surface area (Å²) in [5, 5.41) is 7.29. The maximum atomic E-state index is 12.6. The Bertz CT molecular complexity index is 680. The lowest BCUT2D eigenvalue weighted by atomic mass is 9.99. The minimum Gasteiger partial charge on any atom is -0.310 e. The van der Waals surface area contributed by atoms with Crippen molar-refractivity contribution in [2.45, 2.75) is 45.2 Å². The minimum absolute atomic E-state index is 0.0334. The van der Waals surface area contributed by atoms with Crippen molar-refractivity contribution in [1.82, 2.24) is 14.7 Å². The zero-order chi connectivity index (χ0) is 17.1. The second-order valence-electron chi connectivity index (χ2n) is 6.81. The summed E-state index contributed by atoms with van der Waals surface area (Å²) in [6.45, 7) is 7.98. The van der Waals surface area contributed by atoms with E-state index < -0.39 is 0 Å². The Morgan fingerprint density at radius 1 is 1.21 bits per heavy atom. The predicted octanol–water partition coefficient (Wildman–Crippen LogP) is 3.28. The van der Waals surface area contributed by atoms with E-state index in [0.29, 0.717) is 5.92 Å². The maximum Gasteiger partial charge on any atom is 0.242 e. The molecule has 1 amide bonds. The molecule has 1 fully saturated rings.